The zero-order valence-corrected chi connectivity index (χ0v) is 27.1. The molecule has 0 atom stereocenters. The molecule has 0 saturated carbocycles. The van der Waals surface area contributed by atoms with Gasteiger partial charge >= 0.3 is 0 Å². The van der Waals surface area contributed by atoms with Crippen molar-refractivity contribution in [2.24, 2.45) is 0 Å². The molecular weight excluding hydrogens is 611 g/mol. The van der Waals surface area contributed by atoms with Crippen LogP contribution in [-0.4, -0.2) is 51.4 Å². The summed E-state index contributed by atoms with van der Waals surface area (Å²) >= 11 is 2.67. The van der Waals surface area contributed by atoms with Crippen molar-refractivity contribution in [1.82, 2.24) is 19.4 Å². The standard InChI is InChI=1S/C35H36F2N4O2S2/c1-3-39(4-2)18-19-40(22-26-7-13-29(14-8-26)28-11-5-25(21-36)6-12-28)32(42)23-41-31-17-20-44-33(31)34(43)38-35(41)45-24-27-9-15-30(37)16-10-27/h5-17,20H,3-4,18-19,21-24H2,1-2H3. The van der Waals surface area contributed by atoms with E-state index in [4.69, 9.17) is 0 Å². The lowest BCUT2D eigenvalue weighted by Gasteiger charge is -2.27. The number of alkyl halides is 1. The van der Waals surface area contributed by atoms with Crippen LogP contribution >= 0.6 is 23.1 Å². The number of benzene rings is 3. The van der Waals surface area contributed by atoms with Crippen molar-refractivity contribution < 1.29 is 13.6 Å². The first kappa shape index (κ1) is 32.5. The van der Waals surface area contributed by atoms with Gasteiger partial charge in [0.1, 0.15) is 23.7 Å². The third-order valence-electron chi connectivity index (χ3n) is 7.83. The summed E-state index contributed by atoms with van der Waals surface area (Å²) < 4.78 is 28.7. The van der Waals surface area contributed by atoms with Gasteiger partial charge in [0, 0.05) is 25.4 Å². The molecule has 0 spiro atoms. The quantitative estimate of drug-likeness (QED) is 0.0930. The molecule has 0 unspecified atom stereocenters. The van der Waals surface area contributed by atoms with E-state index in [1.54, 1.807) is 24.3 Å². The van der Waals surface area contributed by atoms with Crippen LogP contribution < -0.4 is 5.56 Å². The molecule has 2 aromatic heterocycles. The number of likely N-dealkylation sites (N-methyl/N-ethyl adjacent to an activating group) is 1. The highest BCUT2D eigenvalue weighted by Crippen LogP contribution is 2.26. The minimum atomic E-state index is -0.488. The molecule has 6 nitrogen and oxygen atoms in total. The summed E-state index contributed by atoms with van der Waals surface area (Å²) in [6.45, 7) is 7.25. The molecule has 0 aliphatic carbocycles. The van der Waals surface area contributed by atoms with Gasteiger partial charge in [-0.1, -0.05) is 86.3 Å². The summed E-state index contributed by atoms with van der Waals surface area (Å²) in [5, 5.41) is 2.30. The maximum absolute atomic E-state index is 14.1. The van der Waals surface area contributed by atoms with Crippen LogP contribution in [0.3, 0.4) is 0 Å². The van der Waals surface area contributed by atoms with Crippen molar-refractivity contribution in [3.8, 4) is 11.1 Å². The number of halogens is 2. The van der Waals surface area contributed by atoms with E-state index in [1.165, 1.54) is 35.2 Å². The average Bonchev–Trinajstić information content (AvgIpc) is 3.57. The topological polar surface area (TPSA) is 58.4 Å². The van der Waals surface area contributed by atoms with E-state index in [0.29, 0.717) is 39.8 Å². The molecule has 0 aliphatic heterocycles. The predicted octanol–water partition coefficient (Wildman–Crippen LogP) is 7.40. The number of amides is 1. The molecule has 0 N–H and O–H groups in total. The van der Waals surface area contributed by atoms with Gasteiger partial charge in [0.25, 0.3) is 5.56 Å². The van der Waals surface area contributed by atoms with Gasteiger partial charge in [-0.3, -0.25) is 9.59 Å². The zero-order valence-electron chi connectivity index (χ0n) is 25.4. The van der Waals surface area contributed by atoms with Crippen LogP contribution in [0.4, 0.5) is 8.78 Å². The van der Waals surface area contributed by atoms with E-state index in [-0.39, 0.29) is 23.8 Å². The van der Waals surface area contributed by atoms with Crippen LogP contribution in [0.2, 0.25) is 0 Å². The van der Waals surface area contributed by atoms with Crippen molar-refractivity contribution in [2.75, 3.05) is 26.2 Å². The summed E-state index contributed by atoms with van der Waals surface area (Å²) in [5.41, 5.74) is 4.92. The number of thioether (sulfide) groups is 1. The number of carbonyl (C=O) groups is 1. The second-order valence-electron chi connectivity index (χ2n) is 10.7. The summed E-state index contributed by atoms with van der Waals surface area (Å²) in [5.74, 6) is 0.0934. The maximum atomic E-state index is 14.1. The van der Waals surface area contributed by atoms with Crippen molar-refractivity contribution in [2.45, 2.75) is 44.5 Å². The number of nitrogens with zero attached hydrogens (tertiary/aromatic N) is 4. The molecule has 10 heteroatoms. The third kappa shape index (κ3) is 8.25. The van der Waals surface area contributed by atoms with Crippen LogP contribution in [0, 0.1) is 5.82 Å². The molecule has 0 fully saturated rings. The fourth-order valence-electron chi connectivity index (χ4n) is 5.11. The monoisotopic (exact) mass is 646 g/mol. The lowest BCUT2D eigenvalue weighted by molar-refractivity contribution is -0.132. The van der Waals surface area contributed by atoms with Crippen molar-refractivity contribution in [3.05, 3.63) is 117 Å². The van der Waals surface area contributed by atoms with Gasteiger partial charge in [-0.05, 0) is 64.5 Å². The summed E-state index contributed by atoms with van der Waals surface area (Å²) in [7, 11) is 0. The molecular formula is C35H36F2N4O2S2. The highest BCUT2D eigenvalue weighted by molar-refractivity contribution is 7.98. The molecule has 0 saturated heterocycles. The van der Waals surface area contributed by atoms with E-state index >= 15 is 0 Å². The Morgan fingerprint density at radius 3 is 2.11 bits per heavy atom. The highest BCUT2D eigenvalue weighted by Gasteiger charge is 2.20. The first-order valence-corrected chi connectivity index (χ1v) is 16.8. The number of carbonyl (C=O) groups excluding carboxylic acids is 1. The maximum Gasteiger partial charge on any atom is 0.291 e. The Kier molecular flexibility index (Phi) is 11.2. The zero-order chi connectivity index (χ0) is 31.8. The van der Waals surface area contributed by atoms with E-state index in [9.17, 15) is 18.4 Å². The Balaban J connectivity index is 1.39. The van der Waals surface area contributed by atoms with Gasteiger partial charge in [-0.25, -0.2) is 8.78 Å². The average molecular weight is 647 g/mol. The van der Waals surface area contributed by atoms with Crippen molar-refractivity contribution in [1.29, 1.82) is 0 Å². The number of thiophene rings is 1. The number of rotatable bonds is 14. The molecule has 2 heterocycles. The molecule has 3 aromatic carbocycles. The van der Waals surface area contributed by atoms with E-state index in [2.05, 4.69) is 23.7 Å². The summed E-state index contributed by atoms with van der Waals surface area (Å²) in [6, 6.07) is 23.6. The smallest absolute Gasteiger partial charge is 0.291 e. The number of fused-ring (bicyclic) bond motifs is 1. The van der Waals surface area contributed by atoms with Gasteiger partial charge in [0.15, 0.2) is 5.16 Å². The first-order valence-electron chi connectivity index (χ1n) is 15.0. The summed E-state index contributed by atoms with van der Waals surface area (Å²) in [6.07, 6.45) is 0. The third-order valence-corrected chi connectivity index (χ3v) is 9.77. The second kappa shape index (κ2) is 15.4. The lowest BCUT2D eigenvalue weighted by Crippen LogP contribution is -2.40. The van der Waals surface area contributed by atoms with Crippen LogP contribution in [0.5, 0.6) is 0 Å². The number of hydrogen-bond donors (Lipinski definition) is 0. The molecule has 0 aliphatic rings. The van der Waals surface area contributed by atoms with Gasteiger partial charge < -0.3 is 14.4 Å². The predicted molar refractivity (Wildman–Crippen MR) is 180 cm³/mol. The lowest BCUT2D eigenvalue weighted by atomic mass is 10.0. The molecule has 0 bridgehead atoms. The fourth-order valence-corrected chi connectivity index (χ4v) is 6.84. The van der Waals surface area contributed by atoms with Crippen molar-refractivity contribution >= 4 is 39.2 Å². The minimum Gasteiger partial charge on any atom is -0.336 e. The molecule has 5 rings (SSSR count). The van der Waals surface area contributed by atoms with Crippen LogP contribution in [0.15, 0.2) is 94.2 Å². The van der Waals surface area contributed by atoms with E-state index in [1.807, 2.05) is 57.3 Å². The Morgan fingerprint density at radius 1 is 0.867 bits per heavy atom. The van der Waals surface area contributed by atoms with Crippen LogP contribution in [0.1, 0.15) is 30.5 Å². The first-order chi connectivity index (χ1) is 21.9. The van der Waals surface area contributed by atoms with Crippen LogP contribution in [-0.2, 0) is 30.3 Å². The molecule has 234 valence electrons. The largest absolute Gasteiger partial charge is 0.336 e. The Hall–Kier alpha value is -3.86. The second-order valence-corrected chi connectivity index (χ2v) is 12.6. The van der Waals surface area contributed by atoms with Gasteiger partial charge in [0.05, 0.1) is 5.52 Å². The molecule has 45 heavy (non-hydrogen) atoms. The van der Waals surface area contributed by atoms with E-state index < -0.39 is 6.67 Å². The minimum absolute atomic E-state index is 0.0313. The normalized spacial score (nSPS) is 11.4. The number of aromatic nitrogens is 2. The van der Waals surface area contributed by atoms with Gasteiger partial charge in [-0.2, -0.15) is 4.98 Å². The summed E-state index contributed by atoms with van der Waals surface area (Å²) in [4.78, 5) is 35.4. The number of hydrogen-bond acceptors (Lipinski definition) is 6. The Morgan fingerprint density at radius 2 is 1.49 bits per heavy atom. The molecule has 5 aromatic rings. The fraction of sp³-hybridized carbons (Fsp3) is 0.286. The van der Waals surface area contributed by atoms with Crippen molar-refractivity contribution in [3.63, 3.8) is 0 Å². The highest BCUT2D eigenvalue weighted by atomic mass is 32.2. The van der Waals surface area contributed by atoms with E-state index in [0.717, 1.165) is 41.9 Å². The van der Waals surface area contributed by atoms with Crippen LogP contribution in [0.25, 0.3) is 21.3 Å². The van der Waals surface area contributed by atoms with Gasteiger partial charge in [-0.15, -0.1) is 11.3 Å². The van der Waals surface area contributed by atoms with Gasteiger partial charge in [0.2, 0.25) is 5.91 Å². The molecule has 0 radical (unpaired) electrons. The Bertz CT molecular complexity index is 1770. The SMILES string of the molecule is CCN(CC)CCN(Cc1ccc(-c2ccc(CF)cc2)cc1)C(=O)Cn1c(SCc2ccc(F)cc2)nc(=O)c2sccc21. The molecule has 1 amide bonds. The Labute approximate surface area is 270 Å².